The number of carbonyl (C=O) groups is 1. The molecule has 1 heterocycles. The average Bonchev–Trinajstić information content (AvgIpc) is 2.87. The van der Waals surface area contributed by atoms with E-state index in [9.17, 15) is 4.79 Å². The lowest BCUT2D eigenvalue weighted by Gasteiger charge is -2.32. The first-order valence-corrected chi connectivity index (χ1v) is 7.79. The van der Waals surface area contributed by atoms with Crippen LogP contribution in [-0.4, -0.2) is 13.1 Å². The third-order valence-electron chi connectivity index (χ3n) is 3.85. The Morgan fingerprint density at radius 3 is 2.48 bits per heavy atom. The first kappa shape index (κ1) is 17.3. The van der Waals surface area contributed by atoms with E-state index < -0.39 is 0 Å². The van der Waals surface area contributed by atoms with E-state index >= 15 is 0 Å². The molecule has 2 rings (SSSR count). The van der Waals surface area contributed by atoms with Gasteiger partial charge in [0, 0.05) is 6.04 Å². The Morgan fingerprint density at radius 2 is 1.91 bits per heavy atom. The second kappa shape index (κ2) is 7.01. The van der Waals surface area contributed by atoms with Crippen LogP contribution in [0.15, 0.2) is 40.8 Å². The smallest absolute Gasteiger partial charge is 0.341 e. The number of esters is 1. The topological polar surface area (TPSA) is 51.5 Å². The van der Waals surface area contributed by atoms with E-state index in [1.165, 1.54) is 12.7 Å². The molecule has 1 N–H and O–H groups in total. The van der Waals surface area contributed by atoms with E-state index in [4.69, 9.17) is 9.15 Å². The molecule has 0 bridgehead atoms. The van der Waals surface area contributed by atoms with Crippen molar-refractivity contribution in [3.8, 4) is 0 Å². The van der Waals surface area contributed by atoms with E-state index in [0.29, 0.717) is 17.9 Å². The van der Waals surface area contributed by atoms with Gasteiger partial charge in [0.25, 0.3) is 0 Å². The largest absolute Gasteiger partial charge is 0.465 e. The first-order chi connectivity index (χ1) is 10.8. The molecular formula is C19H25NO3. The minimum atomic E-state index is -0.368. The summed E-state index contributed by atoms with van der Waals surface area (Å²) in [6, 6.07) is 12.3. The molecule has 0 radical (unpaired) electrons. The van der Waals surface area contributed by atoms with Crippen molar-refractivity contribution in [2.75, 3.05) is 7.11 Å². The summed E-state index contributed by atoms with van der Waals surface area (Å²) >= 11 is 0. The summed E-state index contributed by atoms with van der Waals surface area (Å²) < 4.78 is 10.4. The molecule has 0 fully saturated rings. The van der Waals surface area contributed by atoms with Crippen LogP contribution in [0.5, 0.6) is 0 Å². The SMILES string of the molecule is COC(=O)c1cc(CNC(c2ccccc2)C(C)(C)C)oc1C. The van der Waals surface area contributed by atoms with E-state index in [1.54, 1.807) is 13.0 Å². The Hall–Kier alpha value is -2.07. The van der Waals surface area contributed by atoms with Crippen LogP contribution in [0, 0.1) is 12.3 Å². The molecule has 4 heteroatoms. The average molecular weight is 315 g/mol. The fourth-order valence-corrected chi connectivity index (χ4v) is 2.72. The van der Waals surface area contributed by atoms with Gasteiger partial charge in [0.15, 0.2) is 0 Å². The van der Waals surface area contributed by atoms with Crippen molar-refractivity contribution in [1.29, 1.82) is 0 Å². The summed E-state index contributed by atoms with van der Waals surface area (Å²) in [5.41, 5.74) is 1.77. The predicted molar refractivity (Wildman–Crippen MR) is 90.3 cm³/mol. The van der Waals surface area contributed by atoms with Gasteiger partial charge in [-0.25, -0.2) is 4.79 Å². The maximum atomic E-state index is 11.7. The highest BCUT2D eigenvalue weighted by atomic mass is 16.5. The molecule has 124 valence electrons. The van der Waals surface area contributed by atoms with Gasteiger partial charge < -0.3 is 14.5 Å². The van der Waals surface area contributed by atoms with E-state index in [1.807, 2.05) is 18.2 Å². The summed E-state index contributed by atoms with van der Waals surface area (Å²) in [6.45, 7) is 8.92. The number of benzene rings is 1. The minimum absolute atomic E-state index is 0.0498. The lowest BCUT2D eigenvalue weighted by atomic mass is 9.82. The summed E-state index contributed by atoms with van der Waals surface area (Å²) in [5.74, 6) is 0.946. The number of methoxy groups -OCH3 is 1. The number of ether oxygens (including phenoxy) is 1. The molecule has 0 saturated heterocycles. The zero-order valence-electron chi connectivity index (χ0n) is 14.5. The highest BCUT2D eigenvalue weighted by molar-refractivity contribution is 5.90. The Morgan fingerprint density at radius 1 is 1.26 bits per heavy atom. The van der Waals surface area contributed by atoms with Gasteiger partial charge in [0.05, 0.1) is 13.7 Å². The summed E-state index contributed by atoms with van der Waals surface area (Å²) in [7, 11) is 1.37. The number of aryl methyl sites for hydroxylation is 1. The molecule has 0 aliphatic carbocycles. The third kappa shape index (κ3) is 4.23. The Labute approximate surface area is 137 Å². The normalized spacial score (nSPS) is 12.9. The number of carbonyl (C=O) groups excluding carboxylic acids is 1. The van der Waals surface area contributed by atoms with Crippen LogP contribution in [0.1, 0.15) is 54.3 Å². The van der Waals surface area contributed by atoms with Crippen molar-refractivity contribution in [3.63, 3.8) is 0 Å². The van der Waals surface area contributed by atoms with Crippen LogP contribution in [-0.2, 0) is 11.3 Å². The van der Waals surface area contributed by atoms with Crippen molar-refractivity contribution in [1.82, 2.24) is 5.32 Å². The number of hydrogen-bond donors (Lipinski definition) is 1. The number of nitrogens with one attached hydrogen (secondary N) is 1. The molecular weight excluding hydrogens is 290 g/mol. The van der Waals surface area contributed by atoms with Crippen molar-refractivity contribution >= 4 is 5.97 Å². The van der Waals surface area contributed by atoms with Gasteiger partial charge in [-0.15, -0.1) is 0 Å². The molecule has 0 amide bonds. The molecule has 0 saturated carbocycles. The summed E-state index contributed by atoms with van der Waals surface area (Å²) in [5, 5.41) is 3.54. The predicted octanol–water partition coefficient (Wildman–Crippen LogP) is 4.25. The third-order valence-corrected chi connectivity index (χ3v) is 3.85. The molecule has 1 unspecified atom stereocenters. The van der Waals surface area contributed by atoms with Crippen LogP contribution in [0.2, 0.25) is 0 Å². The van der Waals surface area contributed by atoms with Crippen LogP contribution in [0.3, 0.4) is 0 Å². The molecule has 0 aliphatic heterocycles. The molecule has 4 nitrogen and oxygen atoms in total. The molecule has 1 aromatic heterocycles. The Bertz CT molecular complexity index is 653. The monoisotopic (exact) mass is 315 g/mol. The number of furan rings is 1. The fraction of sp³-hybridized carbons (Fsp3) is 0.421. The molecule has 23 heavy (non-hydrogen) atoms. The van der Waals surface area contributed by atoms with Crippen molar-refractivity contribution < 1.29 is 13.9 Å². The molecule has 1 atom stereocenters. The van der Waals surface area contributed by atoms with Gasteiger partial charge in [-0.05, 0) is 24.0 Å². The summed E-state index contributed by atoms with van der Waals surface area (Å²) in [6.07, 6.45) is 0. The quantitative estimate of drug-likeness (QED) is 0.838. The molecule has 0 spiro atoms. The van der Waals surface area contributed by atoms with Gasteiger partial charge >= 0.3 is 5.97 Å². The van der Waals surface area contributed by atoms with Gasteiger partial charge in [0.2, 0.25) is 0 Å². The van der Waals surface area contributed by atoms with Crippen molar-refractivity contribution in [2.45, 2.75) is 40.3 Å². The maximum Gasteiger partial charge on any atom is 0.341 e. The van der Waals surface area contributed by atoms with Crippen molar-refractivity contribution in [3.05, 3.63) is 59.0 Å². The highest BCUT2D eigenvalue weighted by Gasteiger charge is 2.26. The zero-order chi connectivity index (χ0) is 17.0. The van der Waals surface area contributed by atoms with Crippen LogP contribution in [0.25, 0.3) is 0 Å². The minimum Gasteiger partial charge on any atom is -0.465 e. The van der Waals surface area contributed by atoms with Gasteiger partial charge in [-0.1, -0.05) is 51.1 Å². The van der Waals surface area contributed by atoms with Gasteiger partial charge in [-0.3, -0.25) is 0 Å². The standard InChI is InChI=1S/C19H25NO3/c1-13-16(18(21)22-5)11-15(23-13)12-20-17(19(2,3)4)14-9-7-6-8-10-14/h6-11,17,20H,12H2,1-5H3. The van der Waals surface area contributed by atoms with Gasteiger partial charge in [-0.2, -0.15) is 0 Å². The van der Waals surface area contributed by atoms with Crippen molar-refractivity contribution in [2.24, 2.45) is 5.41 Å². The molecule has 0 aliphatic rings. The first-order valence-electron chi connectivity index (χ1n) is 7.79. The lowest BCUT2D eigenvalue weighted by molar-refractivity contribution is 0.0599. The summed E-state index contributed by atoms with van der Waals surface area (Å²) in [4.78, 5) is 11.7. The van der Waals surface area contributed by atoms with E-state index in [2.05, 4.69) is 38.2 Å². The fourth-order valence-electron chi connectivity index (χ4n) is 2.72. The Balaban J connectivity index is 2.15. The second-order valence-electron chi connectivity index (χ2n) is 6.76. The maximum absolute atomic E-state index is 11.7. The highest BCUT2D eigenvalue weighted by Crippen LogP contribution is 2.33. The molecule has 2 aromatic rings. The number of rotatable bonds is 5. The van der Waals surface area contributed by atoms with E-state index in [0.717, 1.165) is 5.76 Å². The second-order valence-corrected chi connectivity index (χ2v) is 6.76. The van der Waals surface area contributed by atoms with E-state index in [-0.39, 0.29) is 17.4 Å². The number of hydrogen-bond acceptors (Lipinski definition) is 4. The lowest BCUT2D eigenvalue weighted by Crippen LogP contribution is -2.31. The van der Waals surface area contributed by atoms with Crippen LogP contribution >= 0.6 is 0 Å². The zero-order valence-corrected chi connectivity index (χ0v) is 14.5. The Kier molecular flexibility index (Phi) is 5.26. The molecule has 1 aromatic carbocycles. The van der Waals surface area contributed by atoms with Gasteiger partial charge in [0.1, 0.15) is 17.1 Å². The van der Waals surface area contributed by atoms with Crippen LogP contribution in [0.4, 0.5) is 0 Å². The van der Waals surface area contributed by atoms with Crippen LogP contribution < -0.4 is 5.32 Å².